The molecular weight excluding hydrogens is 314 g/mol. The van der Waals surface area contributed by atoms with Crippen LogP contribution in [0.2, 0.25) is 0 Å². The normalized spacial score (nSPS) is 16.8. The van der Waals surface area contributed by atoms with E-state index in [-0.39, 0.29) is 12.1 Å². The van der Waals surface area contributed by atoms with Crippen LogP contribution in [0.15, 0.2) is 30.3 Å². The molecule has 0 aliphatic carbocycles. The van der Waals surface area contributed by atoms with Gasteiger partial charge in [0.2, 0.25) is 0 Å². The molecule has 5 nitrogen and oxygen atoms in total. The van der Waals surface area contributed by atoms with E-state index in [2.05, 4.69) is 66.3 Å². The Labute approximate surface area is 149 Å². The van der Waals surface area contributed by atoms with Gasteiger partial charge >= 0.3 is 6.03 Å². The van der Waals surface area contributed by atoms with E-state index >= 15 is 0 Å². The number of aryl methyl sites for hydroxylation is 2. The number of ether oxygens (including phenoxy) is 1. The highest BCUT2D eigenvalue weighted by Gasteiger charge is 2.16. The summed E-state index contributed by atoms with van der Waals surface area (Å²) in [5.74, 6) is 0. The van der Waals surface area contributed by atoms with Gasteiger partial charge in [0.25, 0.3) is 0 Å². The number of rotatable bonds is 5. The van der Waals surface area contributed by atoms with Gasteiger partial charge < -0.3 is 19.9 Å². The van der Waals surface area contributed by atoms with Crippen LogP contribution in [0.5, 0.6) is 0 Å². The molecule has 1 aromatic heterocycles. The Morgan fingerprint density at radius 1 is 1.20 bits per heavy atom. The fraction of sp³-hybridized carbons (Fsp3) is 0.450. The van der Waals surface area contributed by atoms with Crippen LogP contribution in [0.3, 0.4) is 0 Å². The summed E-state index contributed by atoms with van der Waals surface area (Å²) in [6, 6.07) is 10.5. The lowest BCUT2D eigenvalue weighted by Crippen LogP contribution is -2.39. The molecule has 0 bridgehead atoms. The molecule has 0 radical (unpaired) electrons. The summed E-state index contributed by atoms with van der Waals surface area (Å²) in [6.45, 7) is 8.17. The Bertz CT molecular complexity index is 728. The van der Waals surface area contributed by atoms with Crippen LogP contribution in [0, 0.1) is 20.8 Å². The first kappa shape index (κ1) is 17.5. The van der Waals surface area contributed by atoms with Gasteiger partial charge in [-0.05, 0) is 57.4 Å². The van der Waals surface area contributed by atoms with Crippen LogP contribution in [-0.2, 0) is 11.3 Å². The lowest BCUT2D eigenvalue weighted by molar-refractivity contribution is 0.111. The van der Waals surface area contributed by atoms with Crippen molar-refractivity contribution in [1.82, 2.24) is 15.2 Å². The molecule has 2 heterocycles. The highest BCUT2D eigenvalue weighted by molar-refractivity contribution is 5.73. The Morgan fingerprint density at radius 3 is 2.64 bits per heavy atom. The third-order valence-corrected chi connectivity index (χ3v) is 4.78. The Hall–Kier alpha value is -2.27. The van der Waals surface area contributed by atoms with Gasteiger partial charge in [-0.2, -0.15) is 0 Å². The minimum atomic E-state index is -0.143. The van der Waals surface area contributed by atoms with Crippen LogP contribution in [0.1, 0.15) is 35.4 Å². The van der Waals surface area contributed by atoms with Crippen molar-refractivity contribution < 1.29 is 9.53 Å². The van der Waals surface area contributed by atoms with Crippen molar-refractivity contribution in [3.8, 4) is 5.69 Å². The minimum Gasteiger partial charge on any atom is -0.376 e. The third kappa shape index (κ3) is 4.23. The Morgan fingerprint density at radius 2 is 1.96 bits per heavy atom. The predicted octanol–water partition coefficient (Wildman–Crippen LogP) is 3.38. The van der Waals surface area contributed by atoms with E-state index in [1.807, 2.05) is 0 Å². The van der Waals surface area contributed by atoms with Crippen molar-refractivity contribution in [2.45, 2.75) is 46.3 Å². The molecule has 0 spiro atoms. The molecule has 1 aliphatic heterocycles. The van der Waals surface area contributed by atoms with E-state index in [0.29, 0.717) is 13.1 Å². The van der Waals surface area contributed by atoms with Gasteiger partial charge in [-0.25, -0.2) is 4.79 Å². The first-order valence-electron chi connectivity index (χ1n) is 8.93. The van der Waals surface area contributed by atoms with Gasteiger partial charge in [-0.15, -0.1) is 0 Å². The van der Waals surface area contributed by atoms with Crippen LogP contribution < -0.4 is 10.6 Å². The zero-order valence-corrected chi connectivity index (χ0v) is 15.3. The van der Waals surface area contributed by atoms with Crippen LogP contribution in [0.4, 0.5) is 4.79 Å². The molecule has 5 heteroatoms. The number of carbonyl (C=O) groups is 1. The van der Waals surface area contributed by atoms with Crippen molar-refractivity contribution >= 4 is 6.03 Å². The van der Waals surface area contributed by atoms with E-state index in [1.54, 1.807) is 0 Å². The molecule has 3 rings (SSSR count). The first-order chi connectivity index (χ1) is 12.0. The summed E-state index contributed by atoms with van der Waals surface area (Å²) in [5.41, 5.74) is 5.84. The second-order valence-corrected chi connectivity index (χ2v) is 6.77. The highest BCUT2D eigenvalue weighted by atomic mass is 16.5. The zero-order chi connectivity index (χ0) is 17.8. The van der Waals surface area contributed by atoms with Crippen molar-refractivity contribution in [3.63, 3.8) is 0 Å². The van der Waals surface area contributed by atoms with Gasteiger partial charge in [0.05, 0.1) is 6.10 Å². The zero-order valence-electron chi connectivity index (χ0n) is 15.3. The molecule has 1 saturated heterocycles. The Kier molecular flexibility index (Phi) is 5.43. The maximum absolute atomic E-state index is 12.0. The number of aromatic nitrogens is 1. The molecule has 1 atom stereocenters. The summed E-state index contributed by atoms with van der Waals surface area (Å²) in [4.78, 5) is 12.0. The number of hydrogen-bond donors (Lipinski definition) is 2. The summed E-state index contributed by atoms with van der Waals surface area (Å²) >= 11 is 0. The van der Waals surface area contributed by atoms with Crippen molar-refractivity contribution in [3.05, 3.63) is 52.8 Å². The second kappa shape index (κ2) is 7.74. The van der Waals surface area contributed by atoms with Crippen LogP contribution >= 0.6 is 0 Å². The molecule has 2 N–H and O–H groups in total. The lowest BCUT2D eigenvalue weighted by atomic mass is 10.2. The molecule has 2 amide bonds. The molecule has 0 saturated carbocycles. The summed E-state index contributed by atoms with van der Waals surface area (Å²) in [6.07, 6.45) is 2.27. The van der Waals surface area contributed by atoms with Gasteiger partial charge in [0.1, 0.15) is 0 Å². The van der Waals surface area contributed by atoms with E-state index in [1.165, 1.54) is 5.56 Å². The van der Waals surface area contributed by atoms with Gasteiger partial charge in [-0.1, -0.05) is 17.7 Å². The molecular formula is C20H27N3O2. The smallest absolute Gasteiger partial charge is 0.315 e. The molecule has 2 aromatic rings. The predicted molar refractivity (Wildman–Crippen MR) is 99.2 cm³/mol. The maximum Gasteiger partial charge on any atom is 0.315 e. The molecule has 1 aliphatic rings. The average Bonchev–Trinajstić information content (AvgIpc) is 3.20. The first-order valence-corrected chi connectivity index (χ1v) is 8.93. The number of amides is 2. The molecule has 1 fully saturated rings. The van der Waals surface area contributed by atoms with Crippen molar-refractivity contribution in [1.29, 1.82) is 0 Å². The minimum absolute atomic E-state index is 0.143. The number of urea groups is 1. The summed E-state index contributed by atoms with van der Waals surface area (Å²) in [5, 5.41) is 5.84. The SMILES string of the molecule is Cc1ccc(-n2c(C)cc(CNC(=O)NC[C@@H]3CCCO3)c2C)cc1. The number of nitrogens with one attached hydrogen (secondary N) is 2. The van der Waals surface area contributed by atoms with Crippen molar-refractivity contribution in [2.75, 3.05) is 13.2 Å². The van der Waals surface area contributed by atoms with Crippen LogP contribution in [-0.4, -0.2) is 29.9 Å². The molecule has 1 aromatic carbocycles. The van der Waals surface area contributed by atoms with E-state index in [9.17, 15) is 4.79 Å². The second-order valence-electron chi connectivity index (χ2n) is 6.77. The monoisotopic (exact) mass is 341 g/mol. The summed E-state index contributed by atoms with van der Waals surface area (Å²) < 4.78 is 7.74. The number of carbonyl (C=O) groups excluding carboxylic acids is 1. The highest BCUT2D eigenvalue weighted by Crippen LogP contribution is 2.21. The van der Waals surface area contributed by atoms with Crippen molar-refractivity contribution in [2.24, 2.45) is 0 Å². The van der Waals surface area contributed by atoms with E-state index in [0.717, 1.165) is 42.1 Å². The largest absolute Gasteiger partial charge is 0.376 e. The fourth-order valence-electron chi connectivity index (χ4n) is 3.35. The standard InChI is InChI=1S/C20H27N3O2/c1-14-6-8-18(9-7-14)23-15(2)11-17(16(23)3)12-21-20(24)22-13-19-5-4-10-25-19/h6-9,11,19H,4-5,10,12-13H2,1-3H3,(H2,21,22,24)/t19-/m0/s1. The fourth-order valence-corrected chi connectivity index (χ4v) is 3.35. The molecule has 25 heavy (non-hydrogen) atoms. The third-order valence-electron chi connectivity index (χ3n) is 4.78. The number of nitrogens with zero attached hydrogens (tertiary/aromatic N) is 1. The van der Waals surface area contributed by atoms with Gasteiger partial charge in [0.15, 0.2) is 0 Å². The Balaban J connectivity index is 1.60. The molecule has 0 unspecified atom stereocenters. The average molecular weight is 341 g/mol. The maximum atomic E-state index is 12.0. The lowest BCUT2D eigenvalue weighted by Gasteiger charge is -2.12. The van der Waals surface area contributed by atoms with E-state index < -0.39 is 0 Å². The summed E-state index contributed by atoms with van der Waals surface area (Å²) in [7, 11) is 0. The quantitative estimate of drug-likeness (QED) is 0.876. The van der Waals surface area contributed by atoms with Crippen LogP contribution in [0.25, 0.3) is 5.69 Å². The number of benzene rings is 1. The van der Waals surface area contributed by atoms with Gasteiger partial charge in [-0.3, -0.25) is 0 Å². The molecule has 134 valence electrons. The van der Waals surface area contributed by atoms with E-state index in [4.69, 9.17) is 4.74 Å². The van der Waals surface area contributed by atoms with Gasteiger partial charge in [0, 0.05) is 36.8 Å². The number of hydrogen-bond acceptors (Lipinski definition) is 2. The topological polar surface area (TPSA) is 55.3 Å².